The first-order valence-corrected chi connectivity index (χ1v) is 23.9. The lowest BCUT2D eigenvalue weighted by Gasteiger charge is -2.31. The first kappa shape index (κ1) is 46.0. The first-order chi connectivity index (χ1) is 29.7. The maximum Gasteiger partial charge on any atom is 0.124 e. The van der Waals surface area contributed by atoms with Crippen molar-refractivity contribution in [2.24, 2.45) is 0 Å². The molecule has 1 N–H and O–H groups in total. The van der Waals surface area contributed by atoms with Gasteiger partial charge in [0.05, 0.1) is 16.4 Å². The van der Waals surface area contributed by atoms with E-state index in [0.29, 0.717) is 25.4 Å². The highest BCUT2D eigenvalue weighted by Gasteiger charge is 2.23. The minimum Gasteiger partial charge on any atom is -0.744 e. The predicted octanol–water partition coefficient (Wildman–Crippen LogP) is 10.9. The van der Waals surface area contributed by atoms with Gasteiger partial charge in [0, 0.05) is 41.9 Å². The van der Waals surface area contributed by atoms with Gasteiger partial charge in [-0.05, 0) is 158 Å². The van der Waals surface area contributed by atoms with Crippen molar-refractivity contribution in [1.29, 1.82) is 0 Å². The zero-order chi connectivity index (χ0) is 44.4. The Morgan fingerprint density at radius 3 is 1.94 bits per heavy atom. The summed E-state index contributed by atoms with van der Waals surface area (Å²) in [6.07, 6.45) is 10.3. The van der Waals surface area contributed by atoms with Crippen LogP contribution in [-0.2, 0) is 26.8 Å². The van der Waals surface area contributed by atoms with E-state index in [1.54, 1.807) is 12.1 Å². The summed E-state index contributed by atoms with van der Waals surface area (Å²) in [4.78, 5) is 3.87. The summed E-state index contributed by atoms with van der Waals surface area (Å²) in [5.41, 5.74) is 10.3. The number of anilines is 4. The van der Waals surface area contributed by atoms with Gasteiger partial charge in [-0.1, -0.05) is 81.3 Å². The van der Waals surface area contributed by atoms with Crippen molar-refractivity contribution in [1.82, 2.24) is 4.90 Å². The quantitative estimate of drug-likeness (QED) is 0.0797. The van der Waals surface area contributed by atoms with Crippen LogP contribution in [0.25, 0.3) is 5.57 Å². The van der Waals surface area contributed by atoms with Gasteiger partial charge >= 0.3 is 0 Å². The van der Waals surface area contributed by atoms with E-state index in [1.165, 1.54) is 24.3 Å². The minimum absolute atomic E-state index is 0.0796. The monoisotopic (exact) mass is 873 g/mol. The van der Waals surface area contributed by atoms with E-state index < -0.39 is 20.2 Å². The van der Waals surface area contributed by atoms with Gasteiger partial charge in [-0.15, -0.1) is 0 Å². The number of aryl methyl sites for hydroxylation is 1. The normalized spacial score (nSPS) is 15.0. The maximum absolute atomic E-state index is 12.0. The summed E-state index contributed by atoms with van der Waals surface area (Å²) in [6, 6.07) is 34.9. The molecule has 1 atom stereocenters. The lowest BCUT2D eigenvalue weighted by Crippen LogP contribution is -2.34. The number of unbranched alkanes of at least 4 members (excludes halogenated alkanes) is 2. The van der Waals surface area contributed by atoms with Gasteiger partial charge in [-0.25, -0.2) is 16.8 Å². The van der Waals surface area contributed by atoms with Crippen LogP contribution in [0.4, 0.5) is 22.7 Å². The third-order valence-electron chi connectivity index (χ3n) is 10.9. The molecule has 1 unspecified atom stereocenters. The lowest BCUT2D eigenvalue weighted by atomic mass is 9.84. The molecular weight excluding hydrogens is 819 g/mol. The molecule has 0 saturated carbocycles. The second-order valence-electron chi connectivity index (χ2n) is 15.5. The van der Waals surface area contributed by atoms with E-state index in [0.717, 1.165) is 94.0 Å². The predicted molar refractivity (Wildman–Crippen MR) is 247 cm³/mol. The van der Waals surface area contributed by atoms with Gasteiger partial charge < -0.3 is 24.1 Å². The van der Waals surface area contributed by atoms with Gasteiger partial charge in [-0.2, -0.15) is 0 Å². The van der Waals surface area contributed by atoms with Gasteiger partial charge in [-0.3, -0.25) is 4.90 Å². The summed E-state index contributed by atoms with van der Waals surface area (Å²) in [6.45, 7) is 12.9. The number of benzene rings is 5. The topological polar surface area (TPSA) is 142 Å². The SMILES string of the molecule is CCCCN(c1cccc(S(=O)(=O)[O-])c1)c1ccc(/C(=C2/C=CC(N(CCCC)Cc3cccc(S(=O)(=O)[O-])c3)C=C2C)c2ccc(Nc3ccc(OCC)cc3)cc2)c(C)c1. The molecule has 1 aliphatic carbocycles. The number of ether oxygens (including phenoxy) is 1. The van der Waals surface area contributed by atoms with Crippen molar-refractivity contribution in [2.75, 3.05) is 29.9 Å². The van der Waals surface area contributed by atoms with Gasteiger partial charge in [0.15, 0.2) is 0 Å². The molecule has 0 spiro atoms. The third kappa shape index (κ3) is 11.7. The molecule has 0 heterocycles. The molecule has 1 aliphatic rings. The number of nitrogens with zero attached hydrogens (tertiary/aromatic N) is 2. The van der Waals surface area contributed by atoms with E-state index in [2.05, 4.69) is 104 Å². The van der Waals surface area contributed by atoms with Crippen molar-refractivity contribution in [2.45, 2.75) is 82.7 Å². The largest absolute Gasteiger partial charge is 0.744 e. The molecular formula is C50H55N3O7S2-2. The van der Waals surface area contributed by atoms with E-state index in [4.69, 9.17) is 4.74 Å². The fraction of sp³-hybridized carbons (Fsp3) is 0.280. The van der Waals surface area contributed by atoms with Crippen LogP contribution in [0.1, 0.15) is 75.6 Å². The Labute approximate surface area is 367 Å². The molecule has 0 fully saturated rings. The fourth-order valence-corrected chi connectivity index (χ4v) is 8.79. The molecule has 0 amide bonds. The molecule has 0 aromatic heterocycles. The highest BCUT2D eigenvalue weighted by Crippen LogP contribution is 2.39. The molecule has 0 radical (unpaired) electrons. The smallest absolute Gasteiger partial charge is 0.124 e. The Kier molecular flexibility index (Phi) is 15.3. The highest BCUT2D eigenvalue weighted by molar-refractivity contribution is 7.86. The molecule has 0 aliphatic heterocycles. The fourth-order valence-electron chi connectivity index (χ4n) is 7.73. The standard InChI is InChI=1S/C50H57N3O7S2/c1-6-9-29-52(35-38-13-11-15-46(33-38)61(54,55)56)42-23-27-48(36(4)31-42)50(39-17-19-40(20-18-39)51-41-21-25-45(26-22-41)60-8-3)49-28-24-44(32-37(49)5)53(30-10-7-2)43-14-12-16-47(34-43)62(57,58)59/h11-28,31-34,42,51H,6-10,29-30,35H2,1-5H3,(H,54,55,56)(H,57,58,59)/p-2/b50-48-. The molecule has 0 saturated heterocycles. The molecule has 10 nitrogen and oxygen atoms in total. The Balaban J connectivity index is 1.41. The summed E-state index contributed by atoms with van der Waals surface area (Å²) in [5, 5.41) is 3.49. The number of hydrogen-bond donors (Lipinski definition) is 1. The van der Waals surface area contributed by atoms with Gasteiger partial charge in [0.1, 0.15) is 26.0 Å². The van der Waals surface area contributed by atoms with Gasteiger partial charge in [0.25, 0.3) is 0 Å². The Hall–Kier alpha value is -5.50. The zero-order valence-corrected chi connectivity index (χ0v) is 37.6. The second-order valence-corrected chi connectivity index (χ2v) is 18.3. The van der Waals surface area contributed by atoms with Crippen LogP contribution < -0.4 is 15.0 Å². The minimum atomic E-state index is -4.64. The lowest BCUT2D eigenvalue weighted by molar-refractivity contribution is 0.245. The van der Waals surface area contributed by atoms with Crippen LogP contribution >= 0.6 is 0 Å². The van der Waals surface area contributed by atoms with Crippen LogP contribution in [0.5, 0.6) is 5.75 Å². The molecule has 62 heavy (non-hydrogen) atoms. The van der Waals surface area contributed by atoms with E-state index in [-0.39, 0.29) is 15.8 Å². The van der Waals surface area contributed by atoms with Crippen LogP contribution in [0.2, 0.25) is 0 Å². The molecule has 5 aromatic rings. The summed E-state index contributed by atoms with van der Waals surface area (Å²) in [7, 11) is -9.22. The van der Waals surface area contributed by atoms with Crippen LogP contribution in [0.15, 0.2) is 154 Å². The number of allylic oxidation sites excluding steroid dienone is 3. The van der Waals surface area contributed by atoms with Crippen LogP contribution in [-0.4, -0.2) is 56.6 Å². The number of rotatable bonds is 19. The average molecular weight is 874 g/mol. The van der Waals surface area contributed by atoms with E-state index in [9.17, 15) is 25.9 Å². The average Bonchev–Trinajstić information content (AvgIpc) is 3.24. The van der Waals surface area contributed by atoms with Crippen molar-refractivity contribution in [3.05, 3.63) is 167 Å². The maximum atomic E-state index is 12.0. The highest BCUT2D eigenvalue weighted by atomic mass is 32.2. The Bertz CT molecular complexity index is 2660. The zero-order valence-electron chi connectivity index (χ0n) is 36.0. The Morgan fingerprint density at radius 1 is 0.710 bits per heavy atom. The summed E-state index contributed by atoms with van der Waals surface area (Å²) >= 11 is 0. The van der Waals surface area contributed by atoms with Gasteiger partial charge in [0.2, 0.25) is 0 Å². The van der Waals surface area contributed by atoms with Crippen LogP contribution in [0.3, 0.4) is 0 Å². The molecule has 6 rings (SSSR count). The third-order valence-corrected chi connectivity index (χ3v) is 12.6. The Morgan fingerprint density at radius 2 is 1.32 bits per heavy atom. The van der Waals surface area contributed by atoms with Crippen molar-refractivity contribution >= 4 is 48.6 Å². The van der Waals surface area contributed by atoms with Crippen molar-refractivity contribution in [3.63, 3.8) is 0 Å². The second kappa shape index (κ2) is 20.6. The summed E-state index contributed by atoms with van der Waals surface area (Å²) < 4.78 is 77.1. The molecule has 326 valence electrons. The number of hydrogen-bond acceptors (Lipinski definition) is 10. The van der Waals surface area contributed by atoms with Crippen molar-refractivity contribution < 1.29 is 30.7 Å². The number of nitrogens with one attached hydrogen (secondary N) is 1. The molecule has 0 bridgehead atoms. The van der Waals surface area contributed by atoms with E-state index >= 15 is 0 Å². The van der Waals surface area contributed by atoms with E-state index in [1.807, 2.05) is 43.3 Å². The molecule has 12 heteroatoms. The first-order valence-electron chi connectivity index (χ1n) is 21.1. The molecule has 5 aromatic carbocycles. The van der Waals surface area contributed by atoms with Crippen LogP contribution in [0, 0.1) is 6.92 Å². The van der Waals surface area contributed by atoms with Crippen molar-refractivity contribution in [3.8, 4) is 5.75 Å². The summed E-state index contributed by atoms with van der Waals surface area (Å²) in [5.74, 6) is 0.812.